The van der Waals surface area contributed by atoms with Crippen LogP contribution in [-0.2, 0) is 17.9 Å². The molecule has 1 N–H and O–H groups in total. The molecule has 0 bridgehead atoms. The maximum absolute atomic E-state index is 11.5. The fourth-order valence-corrected chi connectivity index (χ4v) is 4.05. The van der Waals surface area contributed by atoms with E-state index < -0.39 is 0 Å². The largest absolute Gasteiger partial charge is 0.343 e. The van der Waals surface area contributed by atoms with Crippen molar-refractivity contribution in [3.8, 4) is 0 Å². The molecule has 1 aromatic heterocycles. The highest BCUT2D eigenvalue weighted by Crippen LogP contribution is 2.26. The number of benzene rings is 1. The van der Waals surface area contributed by atoms with E-state index in [-0.39, 0.29) is 10.9 Å². The Morgan fingerprint density at radius 3 is 3.09 bits per heavy atom. The van der Waals surface area contributed by atoms with E-state index in [1.165, 1.54) is 0 Å². The number of nitrogens with one attached hydrogen (secondary N) is 1. The molecule has 1 aliphatic rings. The summed E-state index contributed by atoms with van der Waals surface area (Å²) in [5.41, 5.74) is -0.162. The third-order valence-electron chi connectivity index (χ3n) is 3.52. The molecule has 0 radical (unpaired) electrons. The molecule has 0 spiro atoms. The summed E-state index contributed by atoms with van der Waals surface area (Å²) in [5.74, 6) is 0.730. The summed E-state index contributed by atoms with van der Waals surface area (Å²) in [7, 11) is 0. The van der Waals surface area contributed by atoms with Crippen LogP contribution in [0.4, 0.5) is 0 Å². The Morgan fingerprint density at radius 1 is 1.45 bits per heavy atom. The first-order chi connectivity index (χ1) is 10.7. The number of nitrogens with zero attached hydrogens (tertiary/aromatic N) is 3. The smallest absolute Gasteiger partial charge is 0.302 e. The molecular formula is C14H15BrN4O2S. The molecule has 0 amide bonds. The molecule has 1 atom stereocenters. The van der Waals surface area contributed by atoms with Crippen molar-refractivity contribution in [3.05, 3.63) is 45.0 Å². The van der Waals surface area contributed by atoms with Gasteiger partial charge in [0.2, 0.25) is 0 Å². The van der Waals surface area contributed by atoms with Crippen molar-refractivity contribution in [2.24, 2.45) is 0 Å². The highest BCUT2D eigenvalue weighted by atomic mass is 79.9. The van der Waals surface area contributed by atoms with E-state index in [0.717, 1.165) is 28.0 Å². The van der Waals surface area contributed by atoms with E-state index in [2.05, 4.69) is 31.0 Å². The molecule has 1 aromatic carbocycles. The van der Waals surface area contributed by atoms with Gasteiger partial charge in [0.25, 0.3) is 0 Å². The van der Waals surface area contributed by atoms with E-state index in [1.807, 2.05) is 24.3 Å². The van der Waals surface area contributed by atoms with Gasteiger partial charge in [0.15, 0.2) is 0 Å². The van der Waals surface area contributed by atoms with E-state index in [1.54, 1.807) is 16.3 Å². The van der Waals surface area contributed by atoms with Crippen LogP contribution in [0, 0.1) is 0 Å². The van der Waals surface area contributed by atoms with Crippen LogP contribution in [0.25, 0.3) is 0 Å². The van der Waals surface area contributed by atoms with Crippen LogP contribution in [-0.4, -0.2) is 44.3 Å². The van der Waals surface area contributed by atoms with Crippen molar-refractivity contribution in [2.45, 2.75) is 23.2 Å². The van der Waals surface area contributed by atoms with Gasteiger partial charge in [0.05, 0.1) is 11.8 Å². The van der Waals surface area contributed by atoms with Gasteiger partial charge in [0.1, 0.15) is 12.1 Å². The number of rotatable bonds is 5. The topological polar surface area (TPSA) is 71.0 Å². The lowest BCUT2D eigenvalue weighted by Crippen LogP contribution is -2.40. The molecule has 0 aliphatic carbocycles. The Bertz CT molecular complexity index is 730. The lowest BCUT2D eigenvalue weighted by molar-refractivity contribution is -0.107. The molecule has 3 rings (SSSR count). The number of carbonyl (C=O) groups excluding carboxylic acids is 1. The van der Waals surface area contributed by atoms with Gasteiger partial charge in [-0.3, -0.25) is 9.47 Å². The van der Waals surface area contributed by atoms with Crippen molar-refractivity contribution in [1.82, 2.24) is 19.7 Å². The van der Waals surface area contributed by atoms with Crippen LogP contribution in [0.2, 0.25) is 0 Å². The standard InChI is InChI=1S/C14H15BrN4O2S/c15-10-2-1-3-11(6-10)22-12(9-20)7-18-4-5-19-13(8-18)16-17-14(19)21/h1-3,6,9,12H,4-5,7-8H2,(H,17,21). The highest BCUT2D eigenvalue weighted by molar-refractivity contribution is 9.10. The molecule has 2 aromatic rings. The Kier molecular flexibility index (Phi) is 4.80. The van der Waals surface area contributed by atoms with Crippen LogP contribution in [0.5, 0.6) is 0 Å². The van der Waals surface area contributed by atoms with Crippen LogP contribution < -0.4 is 5.69 Å². The predicted octanol–water partition coefficient (Wildman–Crippen LogP) is 1.51. The SMILES string of the molecule is O=CC(CN1CCn2c(n[nH]c2=O)C1)Sc1cccc(Br)c1. The lowest BCUT2D eigenvalue weighted by Gasteiger charge is -2.28. The molecule has 6 nitrogen and oxygen atoms in total. The Balaban J connectivity index is 1.64. The molecule has 22 heavy (non-hydrogen) atoms. The monoisotopic (exact) mass is 382 g/mol. The number of aromatic nitrogens is 3. The van der Waals surface area contributed by atoms with Crippen molar-refractivity contribution in [1.29, 1.82) is 0 Å². The number of hydrogen-bond donors (Lipinski definition) is 1. The molecular weight excluding hydrogens is 368 g/mol. The Hall–Kier alpha value is -1.38. The second kappa shape index (κ2) is 6.80. The molecule has 8 heteroatoms. The molecule has 116 valence electrons. The van der Waals surface area contributed by atoms with E-state index in [9.17, 15) is 9.59 Å². The van der Waals surface area contributed by atoms with Gasteiger partial charge < -0.3 is 4.79 Å². The average molecular weight is 383 g/mol. The van der Waals surface area contributed by atoms with Crippen LogP contribution in [0.15, 0.2) is 38.4 Å². The summed E-state index contributed by atoms with van der Waals surface area (Å²) < 4.78 is 2.65. The second-order valence-corrected chi connectivity index (χ2v) is 7.31. The number of halogens is 1. The summed E-state index contributed by atoms with van der Waals surface area (Å²) in [6.07, 6.45) is 0.984. The highest BCUT2D eigenvalue weighted by Gasteiger charge is 2.22. The number of carbonyl (C=O) groups is 1. The zero-order valence-corrected chi connectivity index (χ0v) is 14.1. The number of aldehydes is 1. The molecule has 2 heterocycles. The molecule has 0 saturated heterocycles. The summed E-state index contributed by atoms with van der Waals surface area (Å²) in [6.45, 7) is 2.58. The lowest BCUT2D eigenvalue weighted by atomic mass is 10.3. The van der Waals surface area contributed by atoms with Crippen molar-refractivity contribution in [3.63, 3.8) is 0 Å². The van der Waals surface area contributed by atoms with Crippen LogP contribution in [0.1, 0.15) is 5.82 Å². The van der Waals surface area contributed by atoms with Crippen molar-refractivity contribution >= 4 is 34.0 Å². The first kappa shape index (κ1) is 15.5. The first-order valence-electron chi connectivity index (χ1n) is 6.89. The first-order valence-corrected chi connectivity index (χ1v) is 8.57. The molecule has 0 saturated carbocycles. The zero-order valence-electron chi connectivity index (χ0n) is 11.7. The quantitative estimate of drug-likeness (QED) is 0.626. The van der Waals surface area contributed by atoms with E-state index >= 15 is 0 Å². The maximum atomic E-state index is 11.5. The van der Waals surface area contributed by atoms with Gasteiger partial charge in [0, 0.05) is 29.0 Å². The van der Waals surface area contributed by atoms with Crippen LogP contribution in [0.3, 0.4) is 0 Å². The maximum Gasteiger partial charge on any atom is 0.343 e. The fraction of sp³-hybridized carbons (Fsp3) is 0.357. The van der Waals surface area contributed by atoms with Gasteiger partial charge >= 0.3 is 5.69 Å². The number of hydrogen-bond acceptors (Lipinski definition) is 5. The van der Waals surface area contributed by atoms with Crippen molar-refractivity contribution in [2.75, 3.05) is 13.1 Å². The number of aromatic amines is 1. The zero-order chi connectivity index (χ0) is 15.5. The third kappa shape index (κ3) is 3.50. The third-order valence-corrected chi connectivity index (χ3v) is 5.10. The molecule has 1 unspecified atom stereocenters. The van der Waals surface area contributed by atoms with Crippen molar-refractivity contribution < 1.29 is 4.79 Å². The molecule has 0 fully saturated rings. The summed E-state index contributed by atoms with van der Waals surface area (Å²) in [4.78, 5) is 26.1. The fourth-order valence-electron chi connectivity index (χ4n) is 2.46. The van der Waals surface area contributed by atoms with Gasteiger partial charge in [-0.05, 0) is 18.2 Å². The van der Waals surface area contributed by atoms with Gasteiger partial charge in [-0.1, -0.05) is 22.0 Å². The summed E-state index contributed by atoms with van der Waals surface area (Å²) >= 11 is 4.98. The van der Waals surface area contributed by atoms with E-state index in [0.29, 0.717) is 19.6 Å². The molecule has 1 aliphatic heterocycles. The average Bonchev–Trinajstić information content (AvgIpc) is 2.87. The minimum atomic E-state index is -0.162. The number of H-pyrrole nitrogens is 1. The minimum absolute atomic E-state index is 0.147. The van der Waals surface area contributed by atoms with Crippen LogP contribution >= 0.6 is 27.7 Å². The number of fused-ring (bicyclic) bond motifs is 1. The minimum Gasteiger partial charge on any atom is -0.302 e. The number of thioether (sulfide) groups is 1. The summed E-state index contributed by atoms with van der Waals surface area (Å²) in [6, 6.07) is 7.91. The van der Waals surface area contributed by atoms with Gasteiger partial charge in [-0.2, -0.15) is 5.10 Å². The van der Waals surface area contributed by atoms with Gasteiger partial charge in [-0.15, -0.1) is 11.8 Å². The Labute approximate surface area is 140 Å². The summed E-state index contributed by atoms with van der Waals surface area (Å²) in [5, 5.41) is 6.33. The predicted molar refractivity (Wildman–Crippen MR) is 88.0 cm³/mol. The van der Waals surface area contributed by atoms with E-state index in [4.69, 9.17) is 0 Å². The van der Waals surface area contributed by atoms with Gasteiger partial charge in [-0.25, -0.2) is 9.89 Å². The normalized spacial score (nSPS) is 16.2. The second-order valence-electron chi connectivity index (χ2n) is 5.08. The Morgan fingerprint density at radius 2 is 2.32 bits per heavy atom.